The summed E-state index contributed by atoms with van der Waals surface area (Å²) in [5.41, 5.74) is 0.830. The lowest BCUT2D eigenvalue weighted by atomic mass is 9.81. The molecule has 0 aromatic heterocycles. The van der Waals surface area contributed by atoms with E-state index in [0.717, 1.165) is 26.7 Å². The molecule has 0 radical (unpaired) electrons. The molecular weight excluding hydrogens is 856 g/mol. The predicted octanol–water partition coefficient (Wildman–Crippen LogP) is -2.10. The first kappa shape index (κ1) is 50.2. The minimum absolute atomic E-state index is 0.0399. The van der Waals surface area contributed by atoms with Crippen LogP contribution in [0.1, 0.15) is 25.3 Å². The normalized spacial score (nSPS) is 34.5. The van der Waals surface area contributed by atoms with E-state index in [1.807, 2.05) is 0 Å². The van der Waals surface area contributed by atoms with Crippen LogP contribution < -0.4 is 4.74 Å². The second kappa shape index (κ2) is 22.9. The zero-order valence-electron chi connectivity index (χ0n) is 35.0. The Kier molecular flexibility index (Phi) is 17.9. The molecule has 15 atom stereocenters. The van der Waals surface area contributed by atoms with Crippen molar-refractivity contribution in [3.05, 3.63) is 77.8 Å². The van der Waals surface area contributed by atoms with Crippen LogP contribution in [0.15, 0.2) is 72.2 Å². The summed E-state index contributed by atoms with van der Waals surface area (Å²) in [6.45, 7) is 3.86. The fourth-order valence-electron chi connectivity index (χ4n) is 7.50. The molecule has 0 saturated carbocycles. The van der Waals surface area contributed by atoms with Crippen LogP contribution in [-0.2, 0) is 68.2 Å². The maximum absolute atomic E-state index is 13.3. The van der Waals surface area contributed by atoms with Gasteiger partial charge in [-0.1, -0.05) is 24.3 Å². The molecule has 0 aliphatic carbocycles. The van der Waals surface area contributed by atoms with Gasteiger partial charge in [0.1, 0.15) is 54.6 Å². The second-order valence-corrected chi connectivity index (χ2v) is 15.0. The highest BCUT2D eigenvalue weighted by molar-refractivity contribution is 5.91. The van der Waals surface area contributed by atoms with Crippen molar-refractivity contribution in [2.75, 3.05) is 34.0 Å². The summed E-state index contributed by atoms with van der Waals surface area (Å²) < 4.78 is 54.4. The van der Waals surface area contributed by atoms with Crippen molar-refractivity contribution in [1.82, 2.24) is 0 Å². The Morgan fingerprint density at radius 1 is 0.703 bits per heavy atom. The number of ether oxygens (including phenoxy) is 10. The van der Waals surface area contributed by atoms with E-state index in [9.17, 15) is 60.0 Å². The van der Waals surface area contributed by atoms with E-state index in [-0.39, 0.29) is 41.9 Å². The monoisotopic (exact) mass is 910 g/mol. The second-order valence-electron chi connectivity index (χ2n) is 15.0. The minimum Gasteiger partial charge on any atom is -0.471 e. The van der Waals surface area contributed by atoms with E-state index in [0.29, 0.717) is 5.56 Å². The topological polar surface area (TPSA) is 322 Å². The molecule has 5 rings (SSSR count). The third-order valence-electron chi connectivity index (χ3n) is 11.1. The average molecular weight is 911 g/mol. The molecule has 0 unspecified atom stereocenters. The zero-order chi connectivity index (χ0) is 46.8. The van der Waals surface area contributed by atoms with E-state index >= 15 is 0 Å². The Morgan fingerprint density at radius 2 is 1.27 bits per heavy atom. The van der Waals surface area contributed by atoms with Crippen LogP contribution in [0.2, 0.25) is 0 Å². The van der Waals surface area contributed by atoms with Crippen molar-refractivity contribution in [3.63, 3.8) is 0 Å². The van der Waals surface area contributed by atoms with E-state index in [2.05, 4.69) is 6.58 Å². The van der Waals surface area contributed by atoms with Crippen LogP contribution in [0.3, 0.4) is 0 Å². The summed E-state index contributed by atoms with van der Waals surface area (Å²) in [5, 5.41) is 80.7. The minimum atomic E-state index is -1.76. The highest BCUT2D eigenvalue weighted by Crippen LogP contribution is 2.39. The number of carbonyl (C=O) groups excluding carboxylic acids is 4. The summed E-state index contributed by atoms with van der Waals surface area (Å²) in [6.07, 6.45) is -14.3. The summed E-state index contributed by atoms with van der Waals surface area (Å²) in [5.74, 6) is -5.90. The molecular formula is C42H54O22. The SMILES string of the molecule is C=C[C@H]1[C@H](O[C@@H]2O[C@H](CO)[C@@H](O)[C@H](O)[C@H]2O)OC=C(C(=O)OC)[C@H]1CC(=O)Oc1ccc(CCOC(=O)C[C@@H]2C(C(=O)OC)=CO[C@@H](O[C@@H]3O[C@H](CO)[C@@H](O)[C@H](O)[C@H]3O)/C2=C\C)cc1. The molecule has 22 heteroatoms. The molecule has 0 bridgehead atoms. The summed E-state index contributed by atoms with van der Waals surface area (Å²) >= 11 is 0. The standard InChI is InChI=1S/C42H54O22/c1-5-21-23(25(37(53)55-3)17-58-39(21)63-41-35(51)33(49)31(47)27(15-43)61-41)13-29(45)57-12-11-19-7-9-20(10-8-19)60-30(46)14-24-22(6-2)40(59-18-26(24)38(54)56-4)64-42-36(52)34(50)32(48)28(16-44)62-42/h5-10,17-18,22-24,27-28,31-36,39-44,47-52H,2,11-16H2,1,3-4H3/b21-5-/t22-,23+,24+,27-,28-,31-,32-,33+,34+,35-,36-,39+,40+,41+,42+/m1/s1. The highest BCUT2D eigenvalue weighted by atomic mass is 16.8. The first-order valence-electron chi connectivity index (χ1n) is 20.1. The average Bonchev–Trinajstić information content (AvgIpc) is 3.29. The fraction of sp³-hybridized carbons (Fsp3) is 0.571. The molecule has 1 aromatic rings. The Balaban J connectivity index is 1.16. The number of hydrogen-bond donors (Lipinski definition) is 8. The maximum Gasteiger partial charge on any atom is 0.337 e. The van der Waals surface area contributed by atoms with E-state index in [4.69, 9.17) is 47.4 Å². The number of allylic oxidation sites excluding steroid dienone is 1. The third kappa shape index (κ3) is 11.5. The highest BCUT2D eigenvalue weighted by Gasteiger charge is 2.49. The number of benzene rings is 1. The van der Waals surface area contributed by atoms with E-state index < -0.39 is 135 Å². The number of aliphatic hydroxyl groups excluding tert-OH is 8. The van der Waals surface area contributed by atoms with Gasteiger partial charge in [0.15, 0.2) is 12.6 Å². The molecule has 8 N–H and O–H groups in total. The van der Waals surface area contributed by atoms with Crippen LogP contribution in [0.25, 0.3) is 0 Å². The quantitative estimate of drug-likeness (QED) is 0.0359. The molecule has 64 heavy (non-hydrogen) atoms. The van der Waals surface area contributed by atoms with Crippen molar-refractivity contribution in [2.24, 2.45) is 17.8 Å². The first-order valence-corrected chi connectivity index (χ1v) is 20.1. The Labute approximate surface area is 366 Å². The number of esters is 4. The van der Waals surface area contributed by atoms with Crippen LogP contribution in [-0.4, -0.2) is 173 Å². The Bertz CT molecular complexity index is 1880. The van der Waals surface area contributed by atoms with Gasteiger partial charge in [0.25, 0.3) is 0 Å². The zero-order valence-corrected chi connectivity index (χ0v) is 35.0. The largest absolute Gasteiger partial charge is 0.471 e. The third-order valence-corrected chi connectivity index (χ3v) is 11.1. The van der Waals surface area contributed by atoms with Crippen LogP contribution >= 0.6 is 0 Å². The number of aliphatic hydroxyl groups is 8. The molecule has 4 aliphatic heterocycles. The molecule has 1 aromatic carbocycles. The van der Waals surface area contributed by atoms with Crippen LogP contribution in [0.5, 0.6) is 5.75 Å². The number of rotatable bonds is 17. The van der Waals surface area contributed by atoms with Gasteiger partial charge in [0, 0.05) is 29.7 Å². The number of hydrogen-bond acceptors (Lipinski definition) is 22. The van der Waals surface area contributed by atoms with Crippen molar-refractivity contribution >= 4 is 23.9 Å². The summed E-state index contributed by atoms with van der Waals surface area (Å²) in [4.78, 5) is 51.9. The van der Waals surface area contributed by atoms with Gasteiger partial charge in [-0.25, -0.2) is 9.59 Å². The molecule has 4 heterocycles. The molecule has 22 nitrogen and oxygen atoms in total. The molecule has 0 amide bonds. The van der Waals surface area contributed by atoms with Crippen molar-refractivity contribution in [3.8, 4) is 5.75 Å². The number of methoxy groups -OCH3 is 2. The lowest BCUT2D eigenvalue weighted by Gasteiger charge is -2.42. The smallest absolute Gasteiger partial charge is 0.337 e. The van der Waals surface area contributed by atoms with Crippen molar-refractivity contribution in [2.45, 2.75) is 100 Å². The van der Waals surface area contributed by atoms with Gasteiger partial charge in [-0.3, -0.25) is 9.59 Å². The molecule has 0 spiro atoms. The molecule has 2 fully saturated rings. The van der Waals surface area contributed by atoms with E-state index in [1.54, 1.807) is 19.1 Å². The molecule has 4 aliphatic rings. The van der Waals surface area contributed by atoms with Gasteiger partial charge in [-0.15, -0.1) is 6.58 Å². The number of carbonyl (C=O) groups is 4. The Hall–Kier alpha value is -4.82. The van der Waals surface area contributed by atoms with Gasteiger partial charge in [0.05, 0.1) is 70.6 Å². The lowest BCUT2D eigenvalue weighted by molar-refractivity contribution is -0.339. The van der Waals surface area contributed by atoms with E-state index in [1.165, 1.54) is 24.3 Å². The van der Waals surface area contributed by atoms with Gasteiger partial charge >= 0.3 is 23.9 Å². The van der Waals surface area contributed by atoms with Gasteiger partial charge in [0.2, 0.25) is 12.6 Å². The lowest BCUT2D eigenvalue weighted by Crippen LogP contribution is -2.60. The molecule has 2 saturated heterocycles. The van der Waals surface area contributed by atoms with Crippen LogP contribution in [0.4, 0.5) is 0 Å². The van der Waals surface area contributed by atoms with Gasteiger partial charge in [-0.2, -0.15) is 0 Å². The fourth-order valence-corrected chi connectivity index (χ4v) is 7.50. The molecule has 354 valence electrons. The van der Waals surface area contributed by atoms with Gasteiger partial charge in [-0.05, 0) is 24.6 Å². The Morgan fingerprint density at radius 3 is 1.81 bits per heavy atom. The van der Waals surface area contributed by atoms with Gasteiger partial charge < -0.3 is 88.2 Å². The first-order chi connectivity index (χ1) is 30.6. The van der Waals surface area contributed by atoms with Crippen LogP contribution in [0, 0.1) is 17.8 Å². The predicted molar refractivity (Wildman–Crippen MR) is 210 cm³/mol. The van der Waals surface area contributed by atoms with Crippen molar-refractivity contribution < 1.29 is 107 Å². The summed E-state index contributed by atoms with van der Waals surface area (Å²) in [7, 11) is 2.27. The van der Waals surface area contributed by atoms with Crippen molar-refractivity contribution in [1.29, 1.82) is 0 Å². The summed E-state index contributed by atoms with van der Waals surface area (Å²) in [6, 6.07) is 6.24. The maximum atomic E-state index is 13.3.